The Morgan fingerprint density at radius 3 is 2.28 bits per heavy atom. The predicted molar refractivity (Wildman–Crippen MR) is 69.6 cm³/mol. The maximum atomic E-state index is 12.1. The topological polar surface area (TPSA) is 50.1 Å². The molecule has 0 heterocycles. The second-order valence-electron chi connectivity index (χ2n) is 5.06. The van der Waals surface area contributed by atoms with Crippen LogP contribution in [0, 0.1) is 16.7 Å². The summed E-state index contributed by atoms with van der Waals surface area (Å²) in [6, 6.07) is 11.5. The highest BCUT2D eigenvalue weighted by Gasteiger charge is 2.37. The van der Waals surface area contributed by atoms with Gasteiger partial charge >= 0.3 is 5.97 Å². The highest BCUT2D eigenvalue weighted by Crippen LogP contribution is 2.30. The van der Waals surface area contributed by atoms with E-state index in [1.807, 2.05) is 50.2 Å². The number of carbonyl (C=O) groups is 1. The molecule has 0 bridgehead atoms. The zero-order valence-electron chi connectivity index (χ0n) is 11.4. The summed E-state index contributed by atoms with van der Waals surface area (Å²) in [7, 11) is 0. The van der Waals surface area contributed by atoms with Crippen LogP contribution in [-0.4, -0.2) is 5.97 Å². The van der Waals surface area contributed by atoms with Crippen molar-refractivity contribution in [1.29, 1.82) is 5.26 Å². The van der Waals surface area contributed by atoms with Crippen molar-refractivity contribution < 1.29 is 9.53 Å². The standard InChI is InChI=1S/C15H19NO2/c1-5-15(4,11-16)13(17)18-14(2,3)12-9-7-6-8-10-12/h6-10H,5H2,1-4H3. The van der Waals surface area contributed by atoms with Crippen molar-refractivity contribution in [3.63, 3.8) is 0 Å². The first kappa shape index (κ1) is 14.2. The maximum absolute atomic E-state index is 12.1. The molecular formula is C15H19NO2. The quantitative estimate of drug-likeness (QED) is 0.764. The van der Waals surface area contributed by atoms with Gasteiger partial charge in [-0.05, 0) is 32.8 Å². The molecule has 0 aliphatic carbocycles. The lowest BCUT2D eigenvalue weighted by Gasteiger charge is -2.29. The Labute approximate surface area is 108 Å². The lowest BCUT2D eigenvalue weighted by atomic mass is 9.89. The van der Waals surface area contributed by atoms with Crippen LogP contribution in [0.25, 0.3) is 0 Å². The highest BCUT2D eigenvalue weighted by atomic mass is 16.6. The van der Waals surface area contributed by atoms with Gasteiger partial charge in [-0.15, -0.1) is 0 Å². The number of rotatable bonds is 4. The Hall–Kier alpha value is -1.82. The molecule has 0 amide bonds. The number of benzene rings is 1. The number of nitrogens with zero attached hydrogens (tertiary/aromatic N) is 1. The van der Waals surface area contributed by atoms with E-state index >= 15 is 0 Å². The molecule has 18 heavy (non-hydrogen) atoms. The van der Waals surface area contributed by atoms with E-state index in [0.29, 0.717) is 6.42 Å². The minimum absolute atomic E-state index is 0.438. The van der Waals surface area contributed by atoms with Crippen molar-refractivity contribution in [2.45, 2.75) is 39.7 Å². The van der Waals surface area contributed by atoms with Gasteiger partial charge in [-0.1, -0.05) is 37.3 Å². The molecule has 1 aromatic carbocycles. The molecule has 1 unspecified atom stereocenters. The zero-order valence-corrected chi connectivity index (χ0v) is 11.4. The molecule has 1 aromatic rings. The lowest BCUT2D eigenvalue weighted by molar-refractivity contribution is -0.166. The monoisotopic (exact) mass is 245 g/mol. The van der Waals surface area contributed by atoms with Gasteiger partial charge in [0.05, 0.1) is 6.07 Å². The van der Waals surface area contributed by atoms with Crippen molar-refractivity contribution in [1.82, 2.24) is 0 Å². The summed E-state index contributed by atoms with van der Waals surface area (Å²) in [6.45, 7) is 7.07. The van der Waals surface area contributed by atoms with Crippen LogP contribution in [0.2, 0.25) is 0 Å². The molecule has 0 aliphatic heterocycles. The van der Waals surface area contributed by atoms with Crippen LogP contribution in [0.3, 0.4) is 0 Å². The molecule has 0 saturated carbocycles. The minimum Gasteiger partial charge on any atom is -0.454 e. The van der Waals surface area contributed by atoms with Gasteiger partial charge in [0, 0.05) is 0 Å². The smallest absolute Gasteiger partial charge is 0.327 e. The van der Waals surface area contributed by atoms with Crippen LogP contribution in [0.4, 0.5) is 0 Å². The Morgan fingerprint density at radius 1 is 1.28 bits per heavy atom. The van der Waals surface area contributed by atoms with E-state index in [0.717, 1.165) is 5.56 Å². The minimum atomic E-state index is -1.08. The van der Waals surface area contributed by atoms with E-state index < -0.39 is 17.0 Å². The van der Waals surface area contributed by atoms with E-state index in [1.54, 1.807) is 13.8 Å². The Kier molecular flexibility index (Phi) is 4.13. The van der Waals surface area contributed by atoms with Crippen LogP contribution in [0.15, 0.2) is 30.3 Å². The third-order valence-electron chi connectivity index (χ3n) is 3.22. The van der Waals surface area contributed by atoms with Gasteiger partial charge in [0.2, 0.25) is 0 Å². The number of nitriles is 1. The number of hydrogen-bond donors (Lipinski definition) is 0. The van der Waals surface area contributed by atoms with Crippen molar-refractivity contribution in [3.8, 4) is 6.07 Å². The molecule has 0 radical (unpaired) electrons. The average Bonchev–Trinajstić information content (AvgIpc) is 2.38. The SMILES string of the molecule is CCC(C)(C#N)C(=O)OC(C)(C)c1ccccc1. The van der Waals surface area contributed by atoms with Crippen LogP contribution in [0.1, 0.15) is 39.7 Å². The fraction of sp³-hybridized carbons (Fsp3) is 0.467. The fourth-order valence-corrected chi connectivity index (χ4v) is 1.51. The van der Waals surface area contributed by atoms with Gasteiger partial charge in [-0.3, -0.25) is 4.79 Å². The van der Waals surface area contributed by atoms with E-state index in [9.17, 15) is 4.79 Å². The first-order valence-corrected chi connectivity index (χ1v) is 6.06. The summed E-state index contributed by atoms with van der Waals surface area (Å²) >= 11 is 0. The normalized spacial score (nSPS) is 14.4. The summed E-state index contributed by atoms with van der Waals surface area (Å²) in [5, 5.41) is 9.07. The third kappa shape index (κ3) is 2.89. The second kappa shape index (κ2) is 5.22. The second-order valence-corrected chi connectivity index (χ2v) is 5.06. The summed E-state index contributed by atoms with van der Waals surface area (Å²) < 4.78 is 5.51. The largest absolute Gasteiger partial charge is 0.454 e. The van der Waals surface area contributed by atoms with Gasteiger partial charge in [0.1, 0.15) is 5.60 Å². The molecular weight excluding hydrogens is 226 g/mol. The number of ether oxygens (including phenoxy) is 1. The lowest BCUT2D eigenvalue weighted by Crippen LogP contribution is -2.34. The van der Waals surface area contributed by atoms with Crippen LogP contribution >= 0.6 is 0 Å². The van der Waals surface area contributed by atoms with Crippen LogP contribution in [-0.2, 0) is 15.1 Å². The van der Waals surface area contributed by atoms with Crippen molar-refractivity contribution in [2.75, 3.05) is 0 Å². The van der Waals surface area contributed by atoms with E-state index in [2.05, 4.69) is 0 Å². The fourth-order valence-electron chi connectivity index (χ4n) is 1.51. The summed E-state index contributed by atoms with van der Waals surface area (Å²) in [6.07, 6.45) is 0.438. The molecule has 1 rings (SSSR count). The van der Waals surface area contributed by atoms with E-state index in [1.165, 1.54) is 0 Å². The van der Waals surface area contributed by atoms with Gasteiger partial charge in [0.15, 0.2) is 5.41 Å². The molecule has 0 fully saturated rings. The van der Waals surface area contributed by atoms with Gasteiger partial charge in [0.25, 0.3) is 0 Å². The number of carbonyl (C=O) groups excluding carboxylic acids is 1. The van der Waals surface area contributed by atoms with Gasteiger partial charge in [-0.25, -0.2) is 0 Å². The molecule has 3 heteroatoms. The Bertz CT molecular complexity index is 459. The molecule has 0 aliphatic rings. The highest BCUT2D eigenvalue weighted by molar-refractivity contribution is 5.79. The first-order valence-electron chi connectivity index (χ1n) is 6.06. The van der Waals surface area contributed by atoms with Crippen molar-refractivity contribution in [3.05, 3.63) is 35.9 Å². The molecule has 0 N–H and O–H groups in total. The Balaban J connectivity index is 2.92. The summed E-state index contributed by atoms with van der Waals surface area (Å²) in [5.41, 5.74) is -0.896. The van der Waals surface area contributed by atoms with Crippen LogP contribution < -0.4 is 0 Å². The average molecular weight is 245 g/mol. The molecule has 0 saturated heterocycles. The van der Waals surface area contributed by atoms with Crippen molar-refractivity contribution in [2.24, 2.45) is 5.41 Å². The molecule has 1 atom stereocenters. The zero-order chi connectivity index (χ0) is 13.8. The van der Waals surface area contributed by atoms with Crippen molar-refractivity contribution >= 4 is 5.97 Å². The van der Waals surface area contributed by atoms with Gasteiger partial charge < -0.3 is 4.74 Å². The molecule has 96 valence electrons. The van der Waals surface area contributed by atoms with Gasteiger partial charge in [-0.2, -0.15) is 5.26 Å². The number of hydrogen-bond acceptors (Lipinski definition) is 3. The third-order valence-corrected chi connectivity index (χ3v) is 3.22. The molecule has 0 spiro atoms. The van der Waals surface area contributed by atoms with E-state index in [-0.39, 0.29) is 0 Å². The predicted octanol–water partition coefficient (Wildman–Crippen LogP) is 3.40. The first-order chi connectivity index (χ1) is 8.35. The summed E-state index contributed by atoms with van der Waals surface area (Å²) in [5.74, 6) is -0.471. The maximum Gasteiger partial charge on any atom is 0.327 e. The Morgan fingerprint density at radius 2 is 1.83 bits per heavy atom. The summed E-state index contributed by atoms with van der Waals surface area (Å²) in [4.78, 5) is 12.1. The number of esters is 1. The van der Waals surface area contributed by atoms with Crippen LogP contribution in [0.5, 0.6) is 0 Å². The van der Waals surface area contributed by atoms with E-state index in [4.69, 9.17) is 10.00 Å². The molecule has 3 nitrogen and oxygen atoms in total. The molecule has 0 aromatic heterocycles.